The molecule has 1 fully saturated rings. The van der Waals surface area contributed by atoms with Crippen molar-refractivity contribution in [1.29, 1.82) is 0 Å². The molecule has 1 atom stereocenters. The number of hydrogen-bond donors (Lipinski definition) is 1. The van der Waals surface area contributed by atoms with Crippen molar-refractivity contribution in [2.24, 2.45) is 0 Å². The van der Waals surface area contributed by atoms with E-state index in [-0.39, 0.29) is 5.41 Å². The van der Waals surface area contributed by atoms with E-state index < -0.39 is 0 Å². The Morgan fingerprint density at radius 3 is 2.87 bits per heavy atom. The first-order chi connectivity index (χ1) is 7.05. The van der Waals surface area contributed by atoms with E-state index in [0.717, 1.165) is 18.8 Å². The maximum Gasteiger partial charge on any atom is 0.0880 e. The van der Waals surface area contributed by atoms with Gasteiger partial charge in [-0.3, -0.25) is 4.68 Å². The molecule has 0 aromatic carbocycles. The van der Waals surface area contributed by atoms with E-state index in [1.54, 1.807) is 0 Å². The van der Waals surface area contributed by atoms with E-state index in [9.17, 15) is 0 Å². The Kier molecular flexibility index (Phi) is 2.78. The maximum atomic E-state index is 4.21. The smallest absolute Gasteiger partial charge is 0.0880 e. The van der Waals surface area contributed by atoms with Gasteiger partial charge in [-0.25, -0.2) is 0 Å². The number of nitrogens with zero attached hydrogens (tertiary/aromatic N) is 3. The Balaban J connectivity index is 2.00. The molecule has 0 saturated carbocycles. The highest BCUT2D eigenvalue weighted by molar-refractivity contribution is 5.06. The average Bonchev–Trinajstić information content (AvgIpc) is 2.73. The van der Waals surface area contributed by atoms with Gasteiger partial charge in [0.2, 0.25) is 0 Å². The highest BCUT2D eigenvalue weighted by Gasteiger charge is 2.19. The standard InChI is InChI=1S/C11H20N4/c1-11(2,3)10-8-15(14-13-10)7-9-5-4-6-12-9/h8-9,12H,4-7H2,1-3H3/t9-/m1/s1. The minimum atomic E-state index is 0.0986. The number of rotatable bonds is 2. The van der Waals surface area contributed by atoms with E-state index in [1.165, 1.54) is 12.8 Å². The first-order valence-electron chi connectivity index (χ1n) is 5.70. The van der Waals surface area contributed by atoms with Gasteiger partial charge in [0.05, 0.1) is 12.2 Å². The van der Waals surface area contributed by atoms with Gasteiger partial charge in [0.25, 0.3) is 0 Å². The Bertz CT molecular complexity index is 318. The summed E-state index contributed by atoms with van der Waals surface area (Å²) in [6.07, 6.45) is 4.61. The molecule has 15 heavy (non-hydrogen) atoms. The molecule has 1 aromatic heterocycles. The molecule has 1 aliphatic heterocycles. The van der Waals surface area contributed by atoms with Gasteiger partial charge in [0.15, 0.2) is 0 Å². The van der Waals surface area contributed by atoms with E-state index in [1.807, 2.05) is 4.68 Å². The second kappa shape index (κ2) is 3.93. The summed E-state index contributed by atoms with van der Waals surface area (Å²) in [5, 5.41) is 11.9. The van der Waals surface area contributed by atoms with Crippen LogP contribution in [0, 0.1) is 0 Å². The molecule has 0 spiro atoms. The van der Waals surface area contributed by atoms with Crippen LogP contribution in [0.2, 0.25) is 0 Å². The summed E-state index contributed by atoms with van der Waals surface area (Å²) in [5.41, 5.74) is 1.17. The van der Waals surface area contributed by atoms with Gasteiger partial charge in [-0.1, -0.05) is 26.0 Å². The van der Waals surface area contributed by atoms with Crippen molar-refractivity contribution < 1.29 is 0 Å². The molecular formula is C11H20N4. The largest absolute Gasteiger partial charge is 0.312 e. The van der Waals surface area contributed by atoms with Crippen LogP contribution in [0.15, 0.2) is 6.20 Å². The van der Waals surface area contributed by atoms with Gasteiger partial charge >= 0.3 is 0 Å². The summed E-state index contributed by atoms with van der Waals surface area (Å²) in [6, 6.07) is 0.583. The van der Waals surface area contributed by atoms with Gasteiger partial charge in [0.1, 0.15) is 0 Å². The molecule has 1 N–H and O–H groups in total. The van der Waals surface area contributed by atoms with E-state index in [0.29, 0.717) is 6.04 Å². The van der Waals surface area contributed by atoms with Crippen LogP contribution in [0.3, 0.4) is 0 Å². The first kappa shape index (κ1) is 10.6. The summed E-state index contributed by atoms with van der Waals surface area (Å²) in [7, 11) is 0. The number of nitrogens with one attached hydrogen (secondary N) is 1. The number of aromatic nitrogens is 3. The lowest BCUT2D eigenvalue weighted by molar-refractivity contribution is 0.466. The molecule has 2 rings (SSSR count). The predicted octanol–water partition coefficient (Wildman–Crippen LogP) is 1.33. The second-order valence-electron chi connectivity index (χ2n) is 5.37. The van der Waals surface area contributed by atoms with Crippen molar-refractivity contribution in [3.63, 3.8) is 0 Å². The summed E-state index contributed by atoms with van der Waals surface area (Å²) >= 11 is 0. The summed E-state index contributed by atoms with van der Waals surface area (Å²) in [6.45, 7) is 8.58. The van der Waals surface area contributed by atoms with Gasteiger partial charge in [-0.05, 0) is 19.4 Å². The van der Waals surface area contributed by atoms with E-state index >= 15 is 0 Å². The van der Waals surface area contributed by atoms with Crippen LogP contribution >= 0.6 is 0 Å². The van der Waals surface area contributed by atoms with Crippen LogP contribution in [0.25, 0.3) is 0 Å². The molecule has 84 valence electrons. The Labute approximate surface area is 91.1 Å². The minimum absolute atomic E-state index is 0.0986. The third kappa shape index (κ3) is 2.56. The van der Waals surface area contributed by atoms with Gasteiger partial charge in [0, 0.05) is 17.7 Å². The zero-order valence-corrected chi connectivity index (χ0v) is 9.82. The molecule has 1 aromatic rings. The Morgan fingerprint density at radius 2 is 2.33 bits per heavy atom. The van der Waals surface area contributed by atoms with Crippen LogP contribution in [0.1, 0.15) is 39.3 Å². The van der Waals surface area contributed by atoms with Crippen LogP contribution in [0.4, 0.5) is 0 Å². The quantitative estimate of drug-likeness (QED) is 0.797. The molecule has 0 aliphatic carbocycles. The molecule has 0 bridgehead atoms. The molecule has 0 amide bonds. The second-order valence-corrected chi connectivity index (χ2v) is 5.37. The van der Waals surface area contributed by atoms with Crippen molar-refractivity contribution in [2.45, 2.75) is 51.6 Å². The maximum absolute atomic E-state index is 4.21. The fourth-order valence-corrected chi connectivity index (χ4v) is 1.87. The first-order valence-corrected chi connectivity index (χ1v) is 5.70. The Hall–Kier alpha value is -0.900. The molecule has 4 heteroatoms. The highest BCUT2D eigenvalue weighted by atomic mass is 15.4. The Morgan fingerprint density at radius 1 is 1.53 bits per heavy atom. The van der Waals surface area contributed by atoms with Crippen LogP contribution < -0.4 is 5.32 Å². The lowest BCUT2D eigenvalue weighted by atomic mass is 9.93. The normalized spacial score (nSPS) is 22.2. The van der Waals surface area contributed by atoms with Crippen molar-refractivity contribution >= 4 is 0 Å². The van der Waals surface area contributed by atoms with Gasteiger partial charge in [-0.15, -0.1) is 5.10 Å². The third-order valence-electron chi connectivity index (χ3n) is 2.88. The third-order valence-corrected chi connectivity index (χ3v) is 2.88. The fraction of sp³-hybridized carbons (Fsp3) is 0.818. The zero-order chi connectivity index (χ0) is 10.9. The van der Waals surface area contributed by atoms with Crippen LogP contribution in [-0.4, -0.2) is 27.6 Å². The fourth-order valence-electron chi connectivity index (χ4n) is 1.87. The van der Waals surface area contributed by atoms with Crippen molar-refractivity contribution in [2.75, 3.05) is 6.54 Å². The van der Waals surface area contributed by atoms with Crippen molar-refractivity contribution in [1.82, 2.24) is 20.3 Å². The van der Waals surface area contributed by atoms with Crippen LogP contribution in [0.5, 0.6) is 0 Å². The predicted molar refractivity (Wildman–Crippen MR) is 59.7 cm³/mol. The lowest BCUT2D eigenvalue weighted by Crippen LogP contribution is -2.27. The van der Waals surface area contributed by atoms with Gasteiger partial charge < -0.3 is 5.32 Å². The summed E-state index contributed by atoms with van der Waals surface area (Å²) in [4.78, 5) is 0. The molecule has 1 aliphatic rings. The lowest BCUT2D eigenvalue weighted by Gasteiger charge is -2.13. The topological polar surface area (TPSA) is 42.7 Å². The van der Waals surface area contributed by atoms with E-state index in [2.05, 4.69) is 42.6 Å². The summed E-state index contributed by atoms with van der Waals surface area (Å²) < 4.78 is 1.96. The number of hydrogen-bond acceptors (Lipinski definition) is 3. The van der Waals surface area contributed by atoms with Gasteiger partial charge in [-0.2, -0.15) is 0 Å². The SMILES string of the molecule is CC(C)(C)c1cn(C[C@H]2CCCN2)nn1. The molecule has 1 saturated heterocycles. The van der Waals surface area contributed by atoms with E-state index in [4.69, 9.17) is 0 Å². The van der Waals surface area contributed by atoms with Crippen LogP contribution in [-0.2, 0) is 12.0 Å². The van der Waals surface area contributed by atoms with Crippen molar-refractivity contribution in [3.05, 3.63) is 11.9 Å². The molecular weight excluding hydrogens is 188 g/mol. The zero-order valence-electron chi connectivity index (χ0n) is 9.82. The average molecular weight is 208 g/mol. The summed E-state index contributed by atoms with van der Waals surface area (Å²) in [5.74, 6) is 0. The molecule has 0 unspecified atom stereocenters. The molecule has 0 radical (unpaired) electrons. The van der Waals surface area contributed by atoms with Crippen molar-refractivity contribution in [3.8, 4) is 0 Å². The molecule has 2 heterocycles. The minimum Gasteiger partial charge on any atom is -0.312 e. The molecule has 4 nitrogen and oxygen atoms in total. The monoisotopic (exact) mass is 208 g/mol. The highest BCUT2D eigenvalue weighted by Crippen LogP contribution is 2.19.